The molecule has 0 saturated carbocycles. The van der Waals surface area contributed by atoms with Crippen LogP contribution < -0.4 is 0 Å². The van der Waals surface area contributed by atoms with E-state index in [1.807, 2.05) is 26.0 Å². The molecule has 0 fully saturated rings. The highest BCUT2D eigenvalue weighted by atomic mass is 16.3. The Morgan fingerprint density at radius 3 is 2.69 bits per heavy atom. The first-order valence-corrected chi connectivity index (χ1v) is 4.99. The van der Waals surface area contributed by atoms with Gasteiger partial charge in [0.25, 0.3) is 0 Å². The van der Waals surface area contributed by atoms with Gasteiger partial charge in [0.15, 0.2) is 0 Å². The Labute approximate surface area is 81.5 Å². The van der Waals surface area contributed by atoms with E-state index in [0.29, 0.717) is 0 Å². The van der Waals surface area contributed by atoms with Crippen LogP contribution in [0.25, 0.3) is 0 Å². The van der Waals surface area contributed by atoms with E-state index < -0.39 is 0 Å². The first-order valence-electron chi connectivity index (χ1n) is 4.99. The zero-order chi connectivity index (χ0) is 9.94. The maximum absolute atomic E-state index is 9.20. The Morgan fingerprint density at radius 2 is 2.08 bits per heavy atom. The number of aliphatic hydroxyl groups excluding tert-OH is 1. The van der Waals surface area contributed by atoms with Crippen molar-refractivity contribution in [1.82, 2.24) is 0 Å². The zero-order valence-corrected chi connectivity index (χ0v) is 8.66. The summed E-state index contributed by atoms with van der Waals surface area (Å²) >= 11 is 0. The molecule has 1 N–H and O–H groups in total. The van der Waals surface area contributed by atoms with Crippen molar-refractivity contribution < 1.29 is 5.11 Å². The Bertz CT molecular complexity index is 185. The Morgan fingerprint density at radius 1 is 1.31 bits per heavy atom. The van der Waals surface area contributed by atoms with E-state index in [4.69, 9.17) is 0 Å². The summed E-state index contributed by atoms with van der Waals surface area (Å²) < 4.78 is 0. The maximum atomic E-state index is 9.20. The van der Waals surface area contributed by atoms with Gasteiger partial charge in [-0.05, 0) is 44.8 Å². The summed E-state index contributed by atoms with van der Waals surface area (Å²) in [5, 5.41) is 9.20. The zero-order valence-electron chi connectivity index (χ0n) is 8.66. The molecule has 13 heavy (non-hydrogen) atoms. The lowest BCUT2D eigenvalue weighted by atomic mass is 10.2. The summed E-state index contributed by atoms with van der Waals surface area (Å²) in [6, 6.07) is 0. The SMILES string of the molecule is C/C=C/CCC=C=CCC(O)CC. The van der Waals surface area contributed by atoms with Gasteiger partial charge in [0, 0.05) is 0 Å². The molecule has 0 rings (SSSR count). The highest BCUT2D eigenvalue weighted by Gasteiger charge is 1.93. The van der Waals surface area contributed by atoms with Crippen LogP contribution in [0.15, 0.2) is 30.0 Å². The summed E-state index contributed by atoms with van der Waals surface area (Å²) in [4.78, 5) is 0. The monoisotopic (exact) mass is 180 g/mol. The van der Waals surface area contributed by atoms with E-state index in [0.717, 1.165) is 25.7 Å². The van der Waals surface area contributed by atoms with Crippen molar-refractivity contribution in [2.24, 2.45) is 0 Å². The molecule has 1 nitrogen and oxygen atoms in total. The smallest absolute Gasteiger partial charge is 0.0578 e. The fraction of sp³-hybridized carbons (Fsp3) is 0.583. The molecule has 74 valence electrons. The molecule has 0 aromatic carbocycles. The van der Waals surface area contributed by atoms with Gasteiger partial charge in [-0.25, -0.2) is 0 Å². The fourth-order valence-electron chi connectivity index (χ4n) is 0.884. The highest BCUT2D eigenvalue weighted by molar-refractivity contribution is 4.88. The van der Waals surface area contributed by atoms with Crippen LogP contribution in [0.1, 0.15) is 39.5 Å². The molecule has 0 aromatic heterocycles. The molecule has 0 bridgehead atoms. The summed E-state index contributed by atoms with van der Waals surface area (Å²) in [6.45, 7) is 4.01. The van der Waals surface area contributed by atoms with Crippen molar-refractivity contribution in [3.63, 3.8) is 0 Å². The van der Waals surface area contributed by atoms with Crippen molar-refractivity contribution >= 4 is 0 Å². The number of aliphatic hydroxyl groups is 1. The van der Waals surface area contributed by atoms with E-state index in [9.17, 15) is 5.11 Å². The van der Waals surface area contributed by atoms with Crippen LogP contribution >= 0.6 is 0 Å². The van der Waals surface area contributed by atoms with Crippen LogP contribution in [0.4, 0.5) is 0 Å². The third-order valence-electron chi connectivity index (χ3n) is 1.81. The van der Waals surface area contributed by atoms with E-state index in [-0.39, 0.29) is 6.10 Å². The van der Waals surface area contributed by atoms with E-state index in [1.54, 1.807) is 0 Å². The van der Waals surface area contributed by atoms with Crippen molar-refractivity contribution in [2.75, 3.05) is 0 Å². The number of hydrogen-bond donors (Lipinski definition) is 1. The van der Waals surface area contributed by atoms with Crippen molar-refractivity contribution in [3.8, 4) is 0 Å². The lowest BCUT2D eigenvalue weighted by Crippen LogP contribution is -2.00. The average Bonchev–Trinajstić information content (AvgIpc) is 2.16. The largest absolute Gasteiger partial charge is 0.393 e. The maximum Gasteiger partial charge on any atom is 0.0578 e. The molecule has 1 atom stereocenters. The van der Waals surface area contributed by atoms with E-state index in [1.165, 1.54) is 0 Å². The summed E-state index contributed by atoms with van der Waals surface area (Å²) in [5.74, 6) is 0. The molecule has 0 radical (unpaired) electrons. The Hall–Kier alpha value is -0.780. The molecule has 0 spiro atoms. The van der Waals surface area contributed by atoms with Gasteiger partial charge in [-0.2, -0.15) is 0 Å². The molecule has 0 amide bonds. The third-order valence-corrected chi connectivity index (χ3v) is 1.81. The van der Waals surface area contributed by atoms with Gasteiger partial charge < -0.3 is 5.11 Å². The molecule has 0 aliphatic carbocycles. The topological polar surface area (TPSA) is 20.2 Å². The molecule has 0 aliphatic rings. The van der Waals surface area contributed by atoms with Crippen LogP contribution in [-0.4, -0.2) is 11.2 Å². The highest BCUT2D eigenvalue weighted by Crippen LogP contribution is 1.97. The normalized spacial score (nSPS) is 12.5. The van der Waals surface area contributed by atoms with Gasteiger partial charge in [0.05, 0.1) is 6.10 Å². The molecule has 0 aliphatic heterocycles. The van der Waals surface area contributed by atoms with Gasteiger partial charge in [-0.15, -0.1) is 5.73 Å². The predicted octanol–water partition coefficient (Wildman–Crippen LogP) is 3.22. The van der Waals surface area contributed by atoms with Crippen LogP contribution in [0.2, 0.25) is 0 Å². The van der Waals surface area contributed by atoms with Crippen LogP contribution in [-0.2, 0) is 0 Å². The second kappa shape index (κ2) is 9.31. The molecular weight excluding hydrogens is 160 g/mol. The van der Waals surface area contributed by atoms with Crippen molar-refractivity contribution in [1.29, 1.82) is 0 Å². The number of unbranched alkanes of at least 4 members (excludes halogenated alkanes) is 1. The van der Waals surface area contributed by atoms with Gasteiger partial charge >= 0.3 is 0 Å². The molecular formula is C12H20O. The van der Waals surface area contributed by atoms with Crippen molar-refractivity contribution in [3.05, 3.63) is 30.0 Å². The van der Waals surface area contributed by atoms with Gasteiger partial charge in [-0.1, -0.05) is 19.1 Å². The minimum absolute atomic E-state index is 0.198. The quantitative estimate of drug-likeness (QED) is 0.378. The van der Waals surface area contributed by atoms with Crippen molar-refractivity contribution in [2.45, 2.75) is 45.6 Å². The summed E-state index contributed by atoms with van der Waals surface area (Å²) in [6.07, 6.45) is 11.6. The molecule has 1 heteroatoms. The van der Waals surface area contributed by atoms with Crippen LogP contribution in [0.3, 0.4) is 0 Å². The van der Waals surface area contributed by atoms with Crippen LogP contribution in [0, 0.1) is 0 Å². The Kier molecular flexibility index (Phi) is 8.75. The first-order chi connectivity index (χ1) is 6.31. The van der Waals surface area contributed by atoms with Gasteiger partial charge in [0.1, 0.15) is 0 Å². The summed E-state index contributed by atoms with van der Waals surface area (Å²) in [5.41, 5.74) is 3.07. The van der Waals surface area contributed by atoms with E-state index >= 15 is 0 Å². The number of hydrogen-bond acceptors (Lipinski definition) is 1. The third kappa shape index (κ3) is 9.13. The molecule has 0 saturated heterocycles. The van der Waals surface area contributed by atoms with Gasteiger partial charge in [-0.3, -0.25) is 0 Å². The Balaban J connectivity index is 3.47. The molecule has 0 heterocycles. The second-order valence-corrected chi connectivity index (χ2v) is 3.02. The van der Waals surface area contributed by atoms with Gasteiger partial charge in [0.2, 0.25) is 0 Å². The first kappa shape index (κ1) is 12.2. The lowest BCUT2D eigenvalue weighted by Gasteiger charge is -1.99. The second-order valence-electron chi connectivity index (χ2n) is 3.02. The van der Waals surface area contributed by atoms with E-state index in [2.05, 4.69) is 17.9 Å². The number of rotatable bonds is 6. The molecule has 1 unspecified atom stereocenters. The average molecular weight is 180 g/mol. The molecule has 0 aromatic rings. The predicted molar refractivity (Wildman–Crippen MR) is 57.6 cm³/mol. The van der Waals surface area contributed by atoms with Crippen LogP contribution in [0.5, 0.6) is 0 Å². The summed E-state index contributed by atoms with van der Waals surface area (Å²) in [7, 11) is 0. The fourth-order valence-corrected chi connectivity index (χ4v) is 0.884. The minimum atomic E-state index is -0.198. The number of allylic oxidation sites excluding steroid dienone is 2. The lowest BCUT2D eigenvalue weighted by molar-refractivity contribution is 0.174. The minimum Gasteiger partial charge on any atom is -0.393 e. The standard InChI is InChI=1S/C12H20O/c1-3-5-6-7-8-9-10-11-12(13)4-2/h3,5,8,10,12-13H,4,6-7,11H2,1-2H3/b5-3+.